The molecule has 1 heterocycles. The van der Waals surface area contributed by atoms with Gasteiger partial charge >= 0.3 is 0 Å². The quantitative estimate of drug-likeness (QED) is 0.489. The first-order chi connectivity index (χ1) is 13.1. The summed E-state index contributed by atoms with van der Waals surface area (Å²) in [5.41, 5.74) is 2.34. The second-order valence-corrected chi connectivity index (χ2v) is 7.62. The smallest absolute Gasteiger partial charge is 0.277 e. The Labute approximate surface area is 155 Å². The van der Waals surface area contributed by atoms with E-state index in [-0.39, 0.29) is 29.3 Å². The average molecular weight is 364 g/mol. The molecular weight excluding hydrogens is 344 g/mol. The standard InChI is InChI=1S/C21H20N2O4/c24-20-18-12-4-3-5-13(9-8-12)19(18)21(25)22(20)16-10-11-17(23(26)27)15-7-2-1-6-14(15)16/h1-2,6-7,10-13,24-25H,3-5,8-9H2/t12-,13+. The topological polar surface area (TPSA) is 88.5 Å². The van der Waals surface area contributed by atoms with Gasteiger partial charge in [0.25, 0.3) is 5.69 Å². The van der Waals surface area contributed by atoms with E-state index < -0.39 is 4.92 Å². The summed E-state index contributed by atoms with van der Waals surface area (Å²) < 4.78 is 1.48. The molecule has 0 radical (unpaired) electrons. The Hall–Kier alpha value is -3.02. The van der Waals surface area contributed by atoms with Crippen molar-refractivity contribution in [2.75, 3.05) is 0 Å². The van der Waals surface area contributed by atoms with Crippen molar-refractivity contribution in [1.29, 1.82) is 0 Å². The molecule has 6 heteroatoms. The van der Waals surface area contributed by atoms with Crippen LogP contribution in [-0.2, 0) is 0 Å². The number of nitro benzene ring substituents is 1. The maximum atomic E-state index is 11.4. The summed E-state index contributed by atoms with van der Waals surface area (Å²) in [7, 11) is 0. The van der Waals surface area contributed by atoms with E-state index in [4.69, 9.17) is 0 Å². The Kier molecular flexibility index (Phi) is 3.44. The minimum Gasteiger partial charge on any atom is -0.494 e. The Bertz CT molecular complexity index is 1050. The first kappa shape index (κ1) is 16.2. The van der Waals surface area contributed by atoms with Gasteiger partial charge in [-0.2, -0.15) is 0 Å². The molecule has 1 aromatic heterocycles. The fourth-order valence-electron chi connectivity index (χ4n) is 5.12. The summed E-state index contributed by atoms with van der Waals surface area (Å²) in [6, 6.07) is 10.1. The molecule has 1 saturated carbocycles. The minimum absolute atomic E-state index is 0.0159. The molecule has 1 fully saturated rings. The molecule has 0 saturated heterocycles. The fourth-order valence-corrected chi connectivity index (χ4v) is 5.12. The summed E-state index contributed by atoms with van der Waals surface area (Å²) >= 11 is 0. The highest BCUT2D eigenvalue weighted by molar-refractivity contribution is 5.97. The first-order valence-electron chi connectivity index (χ1n) is 9.41. The van der Waals surface area contributed by atoms with E-state index in [0.717, 1.165) is 43.2 Å². The number of aromatic nitrogens is 1. The maximum absolute atomic E-state index is 11.4. The van der Waals surface area contributed by atoms with Gasteiger partial charge in [0.2, 0.25) is 11.8 Å². The molecule has 6 rings (SSSR count). The molecule has 0 unspecified atom stereocenters. The van der Waals surface area contributed by atoms with E-state index in [0.29, 0.717) is 16.5 Å². The van der Waals surface area contributed by atoms with Crippen molar-refractivity contribution < 1.29 is 15.1 Å². The van der Waals surface area contributed by atoms with Crippen LogP contribution in [0.1, 0.15) is 55.1 Å². The number of non-ortho nitro benzene ring substituents is 1. The highest BCUT2D eigenvalue weighted by Crippen LogP contribution is 2.55. The molecule has 2 aromatic carbocycles. The number of fused-ring (bicyclic) bond motifs is 4. The normalized spacial score (nSPS) is 21.2. The lowest BCUT2D eigenvalue weighted by Crippen LogP contribution is -2.08. The van der Waals surface area contributed by atoms with Crippen LogP contribution in [0.3, 0.4) is 0 Å². The van der Waals surface area contributed by atoms with Crippen molar-refractivity contribution in [3.05, 3.63) is 57.6 Å². The molecule has 138 valence electrons. The van der Waals surface area contributed by atoms with Crippen LogP contribution < -0.4 is 0 Å². The van der Waals surface area contributed by atoms with Gasteiger partial charge in [-0.3, -0.25) is 14.7 Å². The summed E-state index contributed by atoms with van der Waals surface area (Å²) in [5, 5.41) is 34.6. The van der Waals surface area contributed by atoms with Gasteiger partial charge in [0.1, 0.15) is 0 Å². The highest BCUT2D eigenvalue weighted by atomic mass is 16.6. The third kappa shape index (κ3) is 2.19. The SMILES string of the molecule is O=[N+]([O-])c1ccc(-n2c(O)c3c(c2O)[C@H]2CCC[C@@H]3CC2)c2ccccc12. The van der Waals surface area contributed by atoms with Gasteiger partial charge in [-0.15, -0.1) is 0 Å². The van der Waals surface area contributed by atoms with Crippen molar-refractivity contribution >= 4 is 16.5 Å². The molecule has 2 bridgehead atoms. The van der Waals surface area contributed by atoms with Gasteiger partial charge < -0.3 is 10.2 Å². The predicted molar refractivity (Wildman–Crippen MR) is 102 cm³/mol. The van der Waals surface area contributed by atoms with Crippen molar-refractivity contribution in [2.24, 2.45) is 0 Å². The lowest BCUT2D eigenvalue weighted by atomic mass is 9.80. The maximum Gasteiger partial charge on any atom is 0.277 e. The van der Waals surface area contributed by atoms with Crippen LogP contribution in [0.25, 0.3) is 16.5 Å². The van der Waals surface area contributed by atoms with Gasteiger partial charge in [0.05, 0.1) is 16.0 Å². The van der Waals surface area contributed by atoms with E-state index in [9.17, 15) is 20.3 Å². The Balaban J connectivity index is 1.81. The molecule has 0 spiro atoms. The van der Waals surface area contributed by atoms with E-state index in [2.05, 4.69) is 0 Å². The summed E-state index contributed by atoms with van der Waals surface area (Å²) in [6.45, 7) is 0. The number of hydrogen-bond donors (Lipinski definition) is 2. The van der Waals surface area contributed by atoms with Gasteiger partial charge in [0, 0.05) is 22.6 Å². The van der Waals surface area contributed by atoms with Crippen LogP contribution in [0, 0.1) is 10.1 Å². The monoisotopic (exact) mass is 364 g/mol. The molecule has 3 aliphatic rings. The molecule has 2 atom stereocenters. The predicted octanol–water partition coefficient (Wildman–Crippen LogP) is 5.09. The molecule has 3 aliphatic carbocycles. The van der Waals surface area contributed by atoms with Crippen LogP contribution in [0.5, 0.6) is 11.8 Å². The second kappa shape index (κ2) is 5.74. The van der Waals surface area contributed by atoms with Crippen LogP contribution >= 0.6 is 0 Å². The Morgan fingerprint density at radius 1 is 0.889 bits per heavy atom. The van der Waals surface area contributed by atoms with E-state index in [1.165, 1.54) is 10.6 Å². The molecule has 0 aliphatic heterocycles. The highest BCUT2D eigenvalue weighted by Gasteiger charge is 2.39. The van der Waals surface area contributed by atoms with Crippen LogP contribution in [0.2, 0.25) is 0 Å². The second-order valence-electron chi connectivity index (χ2n) is 7.62. The van der Waals surface area contributed by atoms with Gasteiger partial charge in [0.15, 0.2) is 0 Å². The number of hydrogen-bond acceptors (Lipinski definition) is 4. The van der Waals surface area contributed by atoms with Crippen molar-refractivity contribution in [3.8, 4) is 17.4 Å². The van der Waals surface area contributed by atoms with Crippen molar-refractivity contribution in [1.82, 2.24) is 4.57 Å². The average Bonchev–Trinajstić information content (AvgIpc) is 2.87. The first-order valence-corrected chi connectivity index (χ1v) is 9.41. The zero-order valence-corrected chi connectivity index (χ0v) is 14.8. The molecule has 2 N–H and O–H groups in total. The number of benzene rings is 2. The van der Waals surface area contributed by atoms with Crippen molar-refractivity contribution in [3.63, 3.8) is 0 Å². The Morgan fingerprint density at radius 2 is 1.48 bits per heavy atom. The number of nitrogens with zero attached hydrogens (tertiary/aromatic N) is 2. The summed E-state index contributed by atoms with van der Waals surface area (Å²) in [5.74, 6) is 0.710. The molecule has 3 aromatic rings. The van der Waals surface area contributed by atoms with Crippen LogP contribution in [-0.4, -0.2) is 19.7 Å². The van der Waals surface area contributed by atoms with Gasteiger partial charge in [-0.25, -0.2) is 0 Å². The third-order valence-corrected chi connectivity index (χ3v) is 6.30. The molecule has 0 amide bonds. The minimum atomic E-state index is -0.406. The molecular formula is C21H20N2O4. The van der Waals surface area contributed by atoms with Crippen molar-refractivity contribution in [2.45, 2.75) is 43.9 Å². The van der Waals surface area contributed by atoms with E-state index in [1.54, 1.807) is 24.3 Å². The van der Waals surface area contributed by atoms with E-state index >= 15 is 0 Å². The van der Waals surface area contributed by atoms with Gasteiger partial charge in [-0.05, 0) is 49.7 Å². The lowest BCUT2D eigenvalue weighted by molar-refractivity contribution is -0.383. The Morgan fingerprint density at radius 3 is 2.07 bits per heavy atom. The number of aromatic hydroxyl groups is 2. The third-order valence-electron chi connectivity index (χ3n) is 6.30. The summed E-state index contributed by atoms with van der Waals surface area (Å²) in [6.07, 6.45) is 5.25. The van der Waals surface area contributed by atoms with Gasteiger partial charge in [-0.1, -0.05) is 24.6 Å². The number of nitro groups is 1. The van der Waals surface area contributed by atoms with E-state index in [1.807, 2.05) is 6.07 Å². The van der Waals surface area contributed by atoms with Crippen LogP contribution in [0.4, 0.5) is 5.69 Å². The van der Waals surface area contributed by atoms with Crippen LogP contribution in [0.15, 0.2) is 36.4 Å². The summed E-state index contributed by atoms with van der Waals surface area (Å²) in [4.78, 5) is 11.0. The largest absolute Gasteiger partial charge is 0.494 e. The zero-order valence-electron chi connectivity index (χ0n) is 14.8. The number of rotatable bonds is 2. The zero-order chi connectivity index (χ0) is 18.7. The molecule has 27 heavy (non-hydrogen) atoms. The fraction of sp³-hybridized carbons (Fsp3) is 0.333. The molecule has 6 nitrogen and oxygen atoms in total. The lowest BCUT2D eigenvalue weighted by Gasteiger charge is -2.23.